The second-order valence-electron chi connectivity index (χ2n) is 8.65. The standard InChI is InChI=1S/C23H27NO3/c1-22(2)10-11-23(3,4)18-13-19(24)16(12-17(18)22)20(25)14-6-8-15(9-7-14)21(26)27-5/h6-9,12-13H,10-11,24H2,1-5H3. The Labute approximate surface area is 160 Å². The predicted octanol–water partition coefficient (Wildman–Crippen LogP) is 4.64. The minimum Gasteiger partial charge on any atom is -0.465 e. The Hall–Kier alpha value is -2.62. The van der Waals surface area contributed by atoms with Gasteiger partial charge in [0.05, 0.1) is 12.7 Å². The molecule has 0 spiro atoms. The van der Waals surface area contributed by atoms with Crippen molar-refractivity contribution in [2.75, 3.05) is 12.8 Å². The van der Waals surface area contributed by atoms with E-state index in [9.17, 15) is 9.59 Å². The molecule has 0 fully saturated rings. The molecule has 1 aliphatic rings. The van der Waals surface area contributed by atoms with Gasteiger partial charge in [0.25, 0.3) is 0 Å². The van der Waals surface area contributed by atoms with Crippen molar-refractivity contribution in [1.82, 2.24) is 0 Å². The van der Waals surface area contributed by atoms with E-state index in [1.54, 1.807) is 24.3 Å². The normalized spacial score (nSPS) is 17.1. The van der Waals surface area contributed by atoms with Crippen molar-refractivity contribution in [2.45, 2.75) is 51.4 Å². The van der Waals surface area contributed by atoms with E-state index in [0.29, 0.717) is 22.4 Å². The number of hydrogen-bond acceptors (Lipinski definition) is 4. The summed E-state index contributed by atoms with van der Waals surface area (Å²) in [5.74, 6) is -0.558. The van der Waals surface area contributed by atoms with Gasteiger partial charge < -0.3 is 10.5 Å². The fourth-order valence-electron chi connectivity index (χ4n) is 3.86. The van der Waals surface area contributed by atoms with Gasteiger partial charge in [-0.3, -0.25) is 4.79 Å². The molecule has 4 heteroatoms. The molecule has 142 valence electrons. The van der Waals surface area contributed by atoms with E-state index in [1.165, 1.54) is 18.2 Å². The summed E-state index contributed by atoms with van der Waals surface area (Å²) in [6.45, 7) is 8.90. The van der Waals surface area contributed by atoms with E-state index in [2.05, 4.69) is 27.7 Å². The second kappa shape index (κ2) is 6.52. The summed E-state index contributed by atoms with van der Waals surface area (Å²) >= 11 is 0. The molecule has 0 aromatic heterocycles. The van der Waals surface area contributed by atoms with Crippen molar-refractivity contribution >= 4 is 17.4 Å². The number of ketones is 1. The average molecular weight is 365 g/mol. The first-order chi connectivity index (χ1) is 12.6. The molecule has 0 saturated heterocycles. The van der Waals surface area contributed by atoms with Crippen molar-refractivity contribution in [3.8, 4) is 0 Å². The van der Waals surface area contributed by atoms with Crippen molar-refractivity contribution < 1.29 is 14.3 Å². The molecule has 0 atom stereocenters. The maximum atomic E-state index is 13.1. The van der Waals surface area contributed by atoms with Gasteiger partial charge in [-0.2, -0.15) is 0 Å². The maximum absolute atomic E-state index is 13.1. The third-order valence-corrected chi connectivity index (χ3v) is 5.84. The zero-order chi connectivity index (χ0) is 20.0. The Morgan fingerprint density at radius 1 is 0.889 bits per heavy atom. The summed E-state index contributed by atoms with van der Waals surface area (Å²) in [5, 5.41) is 0. The average Bonchev–Trinajstić information content (AvgIpc) is 2.64. The molecule has 0 heterocycles. The molecule has 2 aromatic rings. The number of benzene rings is 2. The third kappa shape index (κ3) is 3.36. The van der Waals surface area contributed by atoms with Crippen LogP contribution in [-0.2, 0) is 15.6 Å². The molecular weight excluding hydrogens is 338 g/mol. The molecule has 2 aromatic carbocycles. The fourth-order valence-corrected chi connectivity index (χ4v) is 3.86. The summed E-state index contributed by atoms with van der Waals surface area (Å²) in [7, 11) is 1.33. The van der Waals surface area contributed by atoms with E-state index in [0.717, 1.165) is 12.8 Å². The van der Waals surface area contributed by atoms with E-state index >= 15 is 0 Å². The zero-order valence-corrected chi connectivity index (χ0v) is 16.7. The lowest BCUT2D eigenvalue weighted by Crippen LogP contribution is -2.34. The van der Waals surface area contributed by atoms with Crippen LogP contribution in [0.25, 0.3) is 0 Å². The number of rotatable bonds is 3. The molecule has 0 saturated carbocycles. The summed E-state index contributed by atoms with van der Waals surface area (Å²) in [6.07, 6.45) is 2.16. The van der Waals surface area contributed by atoms with Gasteiger partial charge in [-0.1, -0.05) is 39.8 Å². The Morgan fingerprint density at radius 2 is 1.37 bits per heavy atom. The zero-order valence-electron chi connectivity index (χ0n) is 16.7. The molecule has 0 amide bonds. The number of nitrogen functional groups attached to an aromatic ring is 1. The Kier molecular flexibility index (Phi) is 4.62. The number of fused-ring (bicyclic) bond motifs is 1. The molecule has 27 heavy (non-hydrogen) atoms. The minimum atomic E-state index is -0.425. The first-order valence-electron chi connectivity index (χ1n) is 9.24. The minimum absolute atomic E-state index is 0.00231. The smallest absolute Gasteiger partial charge is 0.337 e. The number of methoxy groups -OCH3 is 1. The highest BCUT2D eigenvalue weighted by Crippen LogP contribution is 2.47. The van der Waals surface area contributed by atoms with Gasteiger partial charge >= 0.3 is 5.97 Å². The van der Waals surface area contributed by atoms with E-state index in [1.807, 2.05) is 12.1 Å². The lowest BCUT2D eigenvalue weighted by Gasteiger charge is -2.42. The molecule has 0 aliphatic heterocycles. The Balaban J connectivity index is 2.05. The molecule has 4 nitrogen and oxygen atoms in total. The molecule has 2 N–H and O–H groups in total. The van der Waals surface area contributed by atoms with Crippen LogP contribution < -0.4 is 5.73 Å². The Bertz CT molecular complexity index is 908. The van der Waals surface area contributed by atoms with Crippen LogP contribution in [-0.4, -0.2) is 18.9 Å². The molecule has 0 unspecified atom stereocenters. The van der Waals surface area contributed by atoms with Gasteiger partial charge in [0.15, 0.2) is 5.78 Å². The highest BCUT2D eigenvalue weighted by molar-refractivity contribution is 6.12. The van der Waals surface area contributed by atoms with Crippen LogP contribution in [0.2, 0.25) is 0 Å². The van der Waals surface area contributed by atoms with Crippen LogP contribution in [0, 0.1) is 0 Å². The van der Waals surface area contributed by atoms with E-state index in [-0.39, 0.29) is 16.6 Å². The van der Waals surface area contributed by atoms with Gasteiger partial charge in [-0.25, -0.2) is 4.79 Å². The number of carbonyl (C=O) groups excluding carboxylic acids is 2. The number of carbonyl (C=O) groups is 2. The van der Waals surface area contributed by atoms with Crippen LogP contribution in [0.4, 0.5) is 5.69 Å². The highest BCUT2D eigenvalue weighted by Gasteiger charge is 2.38. The SMILES string of the molecule is COC(=O)c1ccc(C(=O)c2cc3c(cc2N)C(C)(C)CCC3(C)C)cc1. The molecule has 0 bridgehead atoms. The van der Waals surface area contributed by atoms with Crippen LogP contribution in [0.5, 0.6) is 0 Å². The fraction of sp³-hybridized carbons (Fsp3) is 0.391. The summed E-state index contributed by atoms with van der Waals surface area (Å²) in [4.78, 5) is 24.7. The van der Waals surface area contributed by atoms with Crippen molar-refractivity contribution in [3.63, 3.8) is 0 Å². The van der Waals surface area contributed by atoms with Crippen molar-refractivity contribution in [2.24, 2.45) is 0 Å². The van der Waals surface area contributed by atoms with Crippen molar-refractivity contribution in [1.29, 1.82) is 0 Å². The maximum Gasteiger partial charge on any atom is 0.337 e. The first kappa shape index (κ1) is 19.2. The Morgan fingerprint density at radius 3 is 1.89 bits per heavy atom. The lowest BCUT2D eigenvalue weighted by atomic mass is 9.62. The quantitative estimate of drug-likeness (QED) is 0.489. The monoisotopic (exact) mass is 365 g/mol. The molecule has 3 rings (SSSR count). The number of nitrogens with two attached hydrogens (primary N) is 1. The lowest BCUT2D eigenvalue weighted by molar-refractivity contribution is 0.0600. The van der Waals surface area contributed by atoms with Crippen LogP contribution in [0.15, 0.2) is 36.4 Å². The van der Waals surface area contributed by atoms with Gasteiger partial charge in [0, 0.05) is 16.8 Å². The van der Waals surface area contributed by atoms with Crippen LogP contribution in [0.1, 0.15) is 77.9 Å². The summed E-state index contributed by atoms with van der Waals surface area (Å²) in [6, 6.07) is 10.4. The predicted molar refractivity (Wildman–Crippen MR) is 107 cm³/mol. The first-order valence-corrected chi connectivity index (χ1v) is 9.24. The summed E-state index contributed by atoms with van der Waals surface area (Å²) < 4.78 is 4.70. The largest absolute Gasteiger partial charge is 0.465 e. The number of esters is 1. The number of ether oxygens (including phenoxy) is 1. The van der Waals surface area contributed by atoms with E-state index < -0.39 is 5.97 Å². The topological polar surface area (TPSA) is 69.4 Å². The van der Waals surface area contributed by atoms with E-state index in [4.69, 9.17) is 10.5 Å². The third-order valence-electron chi connectivity index (χ3n) is 5.84. The number of anilines is 1. The molecule has 1 aliphatic carbocycles. The molecule has 0 radical (unpaired) electrons. The van der Waals surface area contributed by atoms with Gasteiger partial charge in [-0.15, -0.1) is 0 Å². The highest BCUT2D eigenvalue weighted by atomic mass is 16.5. The second-order valence-corrected chi connectivity index (χ2v) is 8.65. The number of hydrogen-bond donors (Lipinski definition) is 1. The van der Waals surface area contributed by atoms with Crippen molar-refractivity contribution in [3.05, 3.63) is 64.2 Å². The van der Waals surface area contributed by atoms with Gasteiger partial charge in [0.2, 0.25) is 0 Å². The van der Waals surface area contributed by atoms with Gasteiger partial charge in [0.1, 0.15) is 0 Å². The van der Waals surface area contributed by atoms with Gasteiger partial charge in [-0.05, 0) is 59.1 Å². The summed E-state index contributed by atoms with van der Waals surface area (Å²) in [5.41, 5.74) is 10.7. The van der Waals surface area contributed by atoms with Crippen LogP contribution in [0.3, 0.4) is 0 Å². The van der Waals surface area contributed by atoms with Crippen LogP contribution >= 0.6 is 0 Å². The molecular formula is C23H27NO3.